The van der Waals surface area contributed by atoms with E-state index in [1.807, 2.05) is 0 Å². The summed E-state index contributed by atoms with van der Waals surface area (Å²) in [6, 6.07) is 8.65. The van der Waals surface area contributed by atoms with Crippen LogP contribution in [0.5, 0.6) is 11.5 Å². The number of benzene rings is 1. The molecule has 0 saturated carbocycles. The predicted molar refractivity (Wildman–Crippen MR) is 83.9 cm³/mol. The van der Waals surface area contributed by atoms with Crippen molar-refractivity contribution in [1.82, 2.24) is 10.2 Å². The van der Waals surface area contributed by atoms with Crippen molar-refractivity contribution in [2.24, 2.45) is 0 Å². The van der Waals surface area contributed by atoms with Crippen LogP contribution < -0.4 is 14.8 Å². The van der Waals surface area contributed by atoms with Crippen LogP contribution in [0.25, 0.3) is 11.7 Å². The summed E-state index contributed by atoms with van der Waals surface area (Å²) in [7, 11) is 3.09. The SMILES string of the molecule is COc1ccc(CC(=O)Nc2nnc(-c3ccco3)o2)cc1OC. The summed E-state index contributed by atoms with van der Waals surface area (Å²) in [5, 5.41) is 10.1. The Morgan fingerprint density at radius 1 is 1.17 bits per heavy atom. The van der Waals surface area contributed by atoms with E-state index in [-0.39, 0.29) is 24.2 Å². The first-order chi connectivity index (χ1) is 11.7. The third-order valence-corrected chi connectivity index (χ3v) is 3.22. The summed E-state index contributed by atoms with van der Waals surface area (Å²) in [6.07, 6.45) is 1.62. The van der Waals surface area contributed by atoms with Gasteiger partial charge in [-0.15, -0.1) is 5.10 Å². The Kier molecular flexibility index (Phi) is 4.46. The number of furan rings is 1. The summed E-state index contributed by atoms with van der Waals surface area (Å²) >= 11 is 0. The Bertz CT molecular complexity index is 826. The molecule has 0 aliphatic heterocycles. The standard InChI is InChI=1S/C16H15N3O5/c1-21-11-6-5-10(8-13(11)22-2)9-14(20)17-16-19-18-15(24-16)12-4-3-7-23-12/h3-8H,9H2,1-2H3,(H,17,19,20). The Morgan fingerprint density at radius 3 is 2.71 bits per heavy atom. The third kappa shape index (κ3) is 3.37. The fourth-order valence-electron chi connectivity index (χ4n) is 2.11. The molecule has 2 heterocycles. The van der Waals surface area contributed by atoms with E-state index < -0.39 is 0 Å². The first kappa shape index (κ1) is 15.6. The van der Waals surface area contributed by atoms with E-state index >= 15 is 0 Å². The van der Waals surface area contributed by atoms with Gasteiger partial charge < -0.3 is 18.3 Å². The molecular formula is C16H15N3O5. The maximum atomic E-state index is 12.1. The molecule has 2 aromatic heterocycles. The molecule has 0 radical (unpaired) electrons. The van der Waals surface area contributed by atoms with Gasteiger partial charge in [0.25, 0.3) is 5.89 Å². The molecule has 3 aromatic rings. The number of methoxy groups -OCH3 is 2. The number of amides is 1. The zero-order valence-electron chi connectivity index (χ0n) is 13.1. The number of anilines is 1. The normalized spacial score (nSPS) is 10.4. The van der Waals surface area contributed by atoms with Crippen LogP contribution >= 0.6 is 0 Å². The summed E-state index contributed by atoms with van der Waals surface area (Å²) in [5.74, 6) is 1.49. The van der Waals surface area contributed by atoms with E-state index in [1.54, 1.807) is 37.4 Å². The van der Waals surface area contributed by atoms with Crippen LogP contribution in [0.15, 0.2) is 45.4 Å². The number of carbonyl (C=O) groups excluding carboxylic acids is 1. The monoisotopic (exact) mass is 329 g/mol. The quantitative estimate of drug-likeness (QED) is 0.741. The van der Waals surface area contributed by atoms with Gasteiger partial charge >= 0.3 is 6.01 Å². The number of ether oxygens (including phenoxy) is 2. The van der Waals surface area contributed by atoms with Crippen LogP contribution in [0.2, 0.25) is 0 Å². The van der Waals surface area contributed by atoms with Gasteiger partial charge in [-0.1, -0.05) is 11.2 Å². The van der Waals surface area contributed by atoms with Crippen molar-refractivity contribution in [2.75, 3.05) is 19.5 Å². The van der Waals surface area contributed by atoms with Crippen LogP contribution in [-0.4, -0.2) is 30.3 Å². The first-order valence-electron chi connectivity index (χ1n) is 7.07. The van der Waals surface area contributed by atoms with Crippen molar-refractivity contribution >= 4 is 11.9 Å². The second-order valence-electron chi connectivity index (χ2n) is 4.80. The molecule has 1 amide bonds. The molecule has 0 aliphatic rings. The van der Waals surface area contributed by atoms with Crippen LogP contribution in [0, 0.1) is 0 Å². The molecule has 0 spiro atoms. The molecule has 0 aliphatic carbocycles. The molecule has 0 atom stereocenters. The lowest BCUT2D eigenvalue weighted by atomic mass is 10.1. The molecule has 1 aromatic carbocycles. The number of rotatable bonds is 6. The number of nitrogens with zero attached hydrogens (tertiary/aromatic N) is 2. The van der Waals surface area contributed by atoms with Gasteiger partial charge in [0.05, 0.1) is 26.9 Å². The van der Waals surface area contributed by atoms with E-state index in [4.69, 9.17) is 18.3 Å². The smallest absolute Gasteiger partial charge is 0.322 e. The zero-order valence-corrected chi connectivity index (χ0v) is 13.1. The highest BCUT2D eigenvalue weighted by atomic mass is 16.5. The lowest BCUT2D eigenvalue weighted by Crippen LogP contribution is -2.14. The van der Waals surface area contributed by atoms with Gasteiger partial charge in [-0.3, -0.25) is 10.1 Å². The van der Waals surface area contributed by atoms with Crippen molar-refractivity contribution in [3.8, 4) is 23.1 Å². The molecule has 8 nitrogen and oxygen atoms in total. The minimum Gasteiger partial charge on any atom is -0.493 e. The van der Waals surface area contributed by atoms with Gasteiger partial charge in [0, 0.05) is 0 Å². The minimum absolute atomic E-state index is 0.00637. The molecule has 3 rings (SSSR count). The maximum Gasteiger partial charge on any atom is 0.322 e. The highest BCUT2D eigenvalue weighted by molar-refractivity contribution is 5.90. The summed E-state index contributed by atoms with van der Waals surface area (Å²) in [5.41, 5.74) is 0.760. The van der Waals surface area contributed by atoms with E-state index in [2.05, 4.69) is 15.5 Å². The zero-order chi connectivity index (χ0) is 16.9. The average Bonchev–Trinajstić information content (AvgIpc) is 3.25. The molecule has 124 valence electrons. The fraction of sp³-hybridized carbons (Fsp3) is 0.188. The lowest BCUT2D eigenvalue weighted by Gasteiger charge is -2.09. The Hall–Kier alpha value is -3.29. The summed E-state index contributed by atoms with van der Waals surface area (Å²) in [6.45, 7) is 0. The Labute approximate surface area is 137 Å². The van der Waals surface area contributed by atoms with Crippen LogP contribution in [-0.2, 0) is 11.2 Å². The van der Waals surface area contributed by atoms with Gasteiger partial charge in [-0.25, -0.2) is 0 Å². The molecule has 0 saturated heterocycles. The minimum atomic E-state index is -0.295. The molecule has 0 unspecified atom stereocenters. The second kappa shape index (κ2) is 6.86. The fourth-order valence-corrected chi connectivity index (χ4v) is 2.11. The van der Waals surface area contributed by atoms with Gasteiger partial charge in [0.2, 0.25) is 5.91 Å². The highest BCUT2D eigenvalue weighted by Crippen LogP contribution is 2.27. The lowest BCUT2D eigenvalue weighted by molar-refractivity contribution is -0.115. The van der Waals surface area contributed by atoms with Gasteiger partial charge in [0.1, 0.15) is 0 Å². The highest BCUT2D eigenvalue weighted by Gasteiger charge is 2.14. The van der Waals surface area contributed by atoms with Crippen molar-refractivity contribution in [3.63, 3.8) is 0 Å². The Balaban J connectivity index is 1.65. The predicted octanol–water partition coefficient (Wildman–Crippen LogP) is 2.53. The van der Waals surface area contributed by atoms with E-state index in [9.17, 15) is 4.79 Å². The summed E-state index contributed by atoms with van der Waals surface area (Å²) < 4.78 is 20.8. The molecule has 8 heteroatoms. The number of carbonyl (C=O) groups is 1. The van der Waals surface area contributed by atoms with E-state index in [0.29, 0.717) is 17.3 Å². The van der Waals surface area contributed by atoms with E-state index in [1.165, 1.54) is 13.4 Å². The number of nitrogens with one attached hydrogen (secondary N) is 1. The third-order valence-electron chi connectivity index (χ3n) is 3.22. The molecule has 0 fully saturated rings. The Morgan fingerprint density at radius 2 is 2.00 bits per heavy atom. The molecule has 24 heavy (non-hydrogen) atoms. The van der Waals surface area contributed by atoms with E-state index in [0.717, 1.165) is 5.56 Å². The van der Waals surface area contributed by atoms with Crippen molar-refractivity contribution in [2.45, 2.75) is 6.42 Å². The van der Waals surface area contributed by atoms with Crippen molar-refractivity contribution in [1.29, 1.82) is 0 Å². The molecular weight excluding hydrogens is 314 g/mol. The van der Waals surface area contributed by atoms with Crippen molar-refractivity contribution < 1.29 is 23.1 Å². The summed E-state index contributed by atoms with van der Waals surface area (Å²) in [4.78, 5) is 12.1. The van der Waals surface area contributed by atoms with Crippen molar-refractivity contribution in [3.05, 3.63) is 42.2 Å². The second-order valence-corrected chi connectivity index (χ2v) is 4.80. The maximum absolute atomic E-state index is 12.1. The van der Waals surface area contributed by atoms with Gasteiger partial charge in [-0.2, -0.15) is 0 Å². The topological polar surface area (TPSA) is 99.6 Å². The largest absolute Gasteiger partial charge is 0.493 e. The van der Waals surface area contributed by atoms with Gasteiger partial charge in [-0.05, 0) is 29.8 Å². The first-order valence-corrected chi connectivity index (χ1v) is 7.07. The number of hydrogen-bond acceptors (Lipinski definition) is 7. The number of aromatic nitrogens is 2. The average molecular weight is 329 g/mol. The molecule has 0 bridgehead atoms. The molecule has 1 N–H and O–H groups in total. The van der Waals surface area contributed by atoms with Crippen LogP contribution in [0.3, 0.4) is 0 Å². The van der Waals surface area contributed by atoms with Gasteiger partial charge in [0.15, 0.2) is 17.3 Å². The number of hydrogen-bond donors (Lipinski definition) is 1. The van der Waals surface area contributed by atoms with Crippen LogP contribution in [0.1, 0.15) is 5.56 Å². The van der Waals surface area contributed by atoms with Crippen LogP contribution in [0.4, 0.5) is 6.01 Å².